The van der Waals surface area contributed by atoms with E-state index in [0.29, 0.717) is 23.9 Å². The van der Waals surface area contributed by atoms with Gasteiger partial charge in [0.25, 0.3) is 5.91 Å². The molecular weight excluding hydrogens is 578 g/mol. The fourth-order valence-electron chi connectivity index (χ4n) is 4.76. The zero-order chi connectivity index (χ0) is 34.5. The van der Waals surface area contributed by atoms with Gasteiger partial charge in [-0.05, 0) is 66.3 Å². The summed E-state index contributed by atoms with van der Waals surface area (Å²) in [4.78, 5) is 47.8. The van der Waals surface area contributed by atoms with Crippen LogP contribution in [0.4, 0.5) is 5.69 Å². The molecule has 3 N–H and O–H groups in total. The first kappa shape index (κ1) is 38.0. The molecule has 4 amide bonds. The molecule has 1 heterocycles. The molecule has 9 heteroatoms. The molecule has 1 saturated carbocycles. The van der Waals surface area contributed by atoms with E-state index in [2.05, 4.69) is 83.5 Å². The van der Waals surface area contributed by atoms with Crippen LogP contribution in [-0.4, -0.2) is 54.2 Å². The van der Waals surface area contributed by atoms with Gasteiger partial charge < -0.3 is 20.9 Å². The van der Waals surface area contributed by atoms with Gasteiger partial charge in [0.2, 0.25) is 18.2 Å². The first-order chi connectivity index (χ1) is 21.5. The molecule has 4 rings (SSSR count). The van der Waals surface area contributed by atoms with E-state index in [0.717, 1.165) is 17.9 Å². The standard InChI is InChI=1S/C17H25NO.C15H16N4O3.C5H12/c1-12(11-13-5-6-13)18-16(19)14-7-9-15(10-8-14)17(2,3)4;16-7-13-6-11(9-19(13)14(21)8-17-10-20)15(22)18-12-4-2-1-3-5-12;1-5(2,3)4/h7-10,12-13H,5-6,11H2,1-4H3,(H,18,19);1-5,10-11,13H,6,8-9H2,(H,17,20)(H,18,22);1-4H3. The average Bonchev–Trinajstić information content (AvgIpc) is 3.68. The number of para-hydroxylation sites is 1. The second kappa shape index (κ2) is 17.5. The minimum Gasteiger partial charge on any atom is -0.350 e. The Bertz CT molecular complexity index is 1310. The van der Waals surface area contributed by atoms with Crippen molar-refractivity contribution in [3.8, 4) is 6.07 Å². The summed E-state index contributed by atoms with van der Waals surface area (Å²) in [5.74, 6) is -0.129. The van der Waals surface area contributed by atoms with Crippen molar-refractivity contribution in [1.82, 2.24) is 15.5 Å². The Hall–Kier alpha value is -4.19. The maximum Gasteiger partial charge on any atom is 0.251 e. The van der Waals surface area contributed by atoms with Crippen LogP contribution in [-0.2, 0) is 19.8 Å². The van der Waals surface area contributed by atoms with Crippen LogP contribution in [0.2, 0.25) is 0 Å². The van der Waals surface area contributed by atoms with Crippen LogP contribution in [0.3, 0.4) is 0 Å². The quantitative estimate of drug-likeness (QED) is 0.289. The Morgan fingerprint density at radius 1 is 0.978 bits per heavy atom. The van der Waals surface area contributed by atoms with Gasteiger partial charge in [-0.15, -0.1) is 0 Å². The number of carbonyl (C=O) groups excluding carboxylic acids is 4. The number of rotatable bonds is 9. The van der Waals surface area contributed by atoms with Gasteiger partial charge >= 0.3 is 0 Å². The van der Waals surface area contributed by atoms with Gasteiger partial charge in [-0.25, -0.2) is 0 Å². The number of nitriles is 1. The predicted octanol–water partition coefficient (Wildman–Crippen LogP) is 6.07. The number of nitrogens with zero attached hydrogens (tertiary/aromatic N) is 2. The molecule has 0 aromatic heterocycles. The minimum atomic E-state index is -0.646. The molecule has 1 aliphatic carbocycles. The lowest BCUT2D eigenvalue weighted by atomic mass is 9.86. The first-order valence-electron chi connectivity index (χ1n) is 16.1. The second-order valence-electron chi connectivity index (χ2n) is 14.9. The lowest BCUT2D eigenvalue weighted by molar-refractivity contribution is -0.131. The fourth-order valence-corrected chi connectivity index (χ4v) is 4.76. The lowest BCUT2D eigenvalue weighted by Crippen LogP contribution is -2.41. The lowest BCUT2D eigenvalue weighted by Gasteiger charge is -2.19. The third kappa shape index (κ3) is 14.3. The third-order valence-corrected chi connectivity index (χ3v) is 7.29. The number of anilines is 1. The average molecular weight is 632 g/mol. The van der Waals surface area contributed by atoms with Crippen molar-refractivity contribution in [1.29, 1.82) is 5.26 Å². The summed E-state index contributed by atoms with van der Waals surface area (Å²) in [6.45, 7) is 17.4. The smallest absolute Gasteiger partial charge is 0.251 e. The molecule has 2 aromatic carbocycles. The van der Waals surface area contributed by atoms with Gasteiger partial charge in [0.05, 0.1) is 18.5 Å². The predicted molar refractivity (Wildman–Crippen MR) is 183 cm³/mol. The van der Waals surface area contributed by atoms with Crippen molar-refractivity contribution in [3.63, 3.8) is 0 Å². The van der Waals surface area contributed by atoms with Crippen LogP contribution in [0, 0.1) is 28.6 Å². The van der Waals surface area contributed by atoms with Gasteiger partial charge in [0.15, 0.2) is 0 Å². The molecule has 3 unspecified atom stereocenters. The van der Waals surface area contributed by atoms with E-state index in [-0.39, 0.29) is 42.3 Å². The van der Waals surface area contributed by atoms with Crippen LogP contribution in [0.1, 0.15) is 97.0 Å². The highest BCUT2D eigenvalue weighted by Crippen LogP contribution is 2.33. The number of amides is 4. The van der Waals surface area contributed by atoms with Crippen molar-refractivity contribution >= 4 is 29.8 Å². The van der Waals surface area contributed by atoms with E-state index in [1.807, 2.05) is 36.4 Å². The van der Waals surface area contributed by atoms with Crippen molar-refractivity contribution < 1.29 is 19.2 Å². The molecular formula is C37H53N5O4. The number of carbonyl (C=O) groups is 4. The highest BCUT2D eigenvalue weighted by atomic mass is 16.2. The molecule has 250 valence electrons. The maximum atomic E-state index is 12.2. The third-order valence-electron chi connectivity index (χ3n) is 7.29. The summed E-state index contributed by atoms with van der Waals surface area (Å²) >= 11 is 0. The zero-order valence-corrected chi connectivity index (χ0v) is 28.9. The summed E-state index contributed by atoms with van der Waals surface area (Å²) in [6.07, 6.45) is 4.50. The topological polar surface area (TPSA) is 131 Å². The molecule has 3 atom stereocenters. The van der Waals surface area contributed by atoms with E-state index in [4.69, 9.17) is 5.26 Å². The highest BCUT2D eigenvalue weighted by Gasteiger charge is 2.38. The van der Waals surface area contributed by atoms with E-state index in [1.54, 1.807) is 12.1 Å². The zero-order valence-electron chi connectivity index (χ0n) is 28.9. The highest BCUT2D eigenvalue weighted by molar-refractivity contribution is 5.94. The first-order valence-corrected chi connectivity index (χ1v) is 16.1. The number of benzene rings is 2. The SMILES string of the molecule is CC(C)(C)C.CC(CC1CC1)NC(=O)c1ccc(C(C)(C)C)cc1.N#CC1CC(C(=O)Nc2ccccc2)CN1C(=O)CNC=O. The molecule has 46 heavy (non-hydrogen) atoms. The molecule has 9 nitrogen and oxygen atoms in total. The molecule has 1 saturated heterocycles. The summed E-state index contributed by atoms with van der Waals surface area (Å²) in [5, 5.41) is 17.3. The second-order valence-corrected chi connectivity index (χ2v) is 14.9. The largest absolute Gasteiger partial charge is 0.350 e. The Kier molecular flexibility index (Phi) is 14.4. The van der Waals surface area contributed by atoms with Crippen LogP contribution in [0.15, 0.2) is 54.6 Å². The van der Waals surface area contributed by atoms with Crippen molar-refractivity contribution in [3.05, 3.63) is 65.7 Å². The molecule has 0 bridgehead atoms. The number of hydrogen-bond acceptors (Lipinski definition) is 5. The van der Waals surface area contributed by atoms with Crippen molar-refractivity contribution in [2.45, 2.75) is 98.6 Å². The molecule has 2 fully saturated rings. The molecule has 2 aromatic rings. The van der Waals surface area contributed by atoms with Gasteiger partial charge in [0.1, 0.15) is 6.04 Å². The van der Waals surface area contributed by atoms with Crippen molar-refractivity contribution in [2.75, 3.05) is 18.4 Å². The van der Waals surface area contributed by atoms with Gasteiger partial charge in [-0.2, -0.15) is 5.26 Å². The van der Waals surface area contributed by atoms with E-state index >= 15 is 0 Å². The minimum absolute atomic E-state index is 0.0496. The Morgan fingerprint density at radius 3 is 2.07 bits per heavy atom. The van der Waals surface area contributed by atoms with Gasteiger partial charge in [-0.3, -0.25) is 19.2 Å². The summed E-state index contributed by atoms with van der Waals surface area (Å²) in [5.41, 5.74) is 3.33. The maximum absolute atomic E-state index is 12.2. The fraction of sp³-hybridized carbons (Fsp3) is 0.541. The number of hydrogen-bond donors (Lipinski definition) is 3. The van der Waals surface area contributed by atoms with E-state index < -0.39 is 12.0 Å². The summed E-state index contributed by atoms with van der Waals surface area (Å²) in [6, 6.07) is 18.6. The normalized spacial score (nSPS) is 17.9. The van der Waals surface area contributed by atoms with E-state index in [9.17, 15) is 19.2 Å². The van der Waals surface area contributed by atoms with Crippen molar-refractivity contribution in [2.24, 2.45) is 17.3 Å². The Morgan fingerprint density at radius 2 is 1.57 bits per heavy atom. The Balaban J connectivity index is 0.000000281. The van der Waals surface area contributed by atoms with Crippen LogP contribution >= 0.6 is 0 Å². The molecule has 2 aliphatic rings. The summed E-state index contributed by atoms with van der Waals surface area (Å²) < 4.78 is 0. The van der Waals surface area contributed by atoms with Gasteiger partial charge in [-0.1, -0.05) is 91.6 Å². The van der Waals surface area contributed by atoms with Crippen LogP contribution in [0.5, 0.6) is 0 Å². The van der Waals surface area contributed by atoms with Crippen LogP contribution < -0.4 is 16.0 Å². The molecule has 0 radical (unpaired) electrons. The van der Waals surface area contributed by atoms with E-state index in [1.165, 1.54) is 23.3 Å². The van der Waals surface area contributed by atoms with Gasteiger partial charge in [0, 0.05) is 23.8 Å². The molecule has 0 spiro atoms. The molecule has 1 aliphatic heterocycles. The van der Waals surface area contributed by atoms with Crippen LogP contribution in [0.25, 0.3) is 0 Å². The number of likely N-dealkylation sites (tertiary alicyclic amines) is 1. The monoisotopic (exact) mass is 631 g/mol. The summed E-state index contributed by atoms with van der Waals surface area (Å²) in [7, 11) is 0. The number of nitrogens with one attached hydrogen (secondary N) is 3. The Labute approximate surface area is 275 Å².